The van der Waals surface area contributed by atoms with Crippen molar-refractivity contribution in [2.24, 2.45) is 5.73 Å². The molecule has 84 valence electrons. The number of hydrogen-bond acceptors (Lipinski definition) is 3. The van der Waals surface area contributed by atoms with Gasteiger partial charge in [-0.1, -0.05) is 19.1 Å². The van der Waals surface area contributed by atoms with E-state index in [1.165, 1.54) is 6.26 Å². The maximum atomic E-state index is 11.2. The number of nitrogens with two attached hydrogens (primary N) is 1. The van der Waals surface area contributed by atoms with Crippen molar-refractivity contribution in [1.82, 2.24) is 0 Å². The molecule has 1 rings (SSSR count). The van der Waals surface area contributed by atoms with E-state index in [2.05, 4.69) is 6.92 Å². The Morgan fingerprint density at radius 2 is 1.80 bits per heavy atom. The molecule has 0 fully saturated rings. The molecule has 1 unspecified atom stereocenters. The van der Waals surface area contributed by atoms with Crippen LogP contribution >= 0.6 is 0 Å². The van der Waals surface area contributed by atoms with Gasteiger partial charge in [0, 0.05) is 6.26 Å². The Morgan fingerprint density at radius 1 is 1.27 bits per heavy atom. The minimum atomic E-state index is -3.09. The van der Waals surface area contributed by atoms with Gasteiger partial charge in [-0.15, -0.1) is 0 Å². The first-order chi connectivity index (χ1) is 6.99. The molecule has 1 aromatic carbocycles. The smallest absolute Gasteiger partial charge is 0.175 e. The maximum Gasteiger partial charge on any atom is 0.175 e. The van der Waals surface area contributed by atoms with Gasteiger partial charge in [0.25, 0.3) is 0 Å². The molecule has 0 radical (unpaired) electrons. The second-order valence-corrected chi connectivity index (χ2v) is 5.70. The predicted octanol–water partition coefficient (Wildman–Crippen LogP) is 1.54. The Labute approximate surface area is 91.2 Å². The first-order valence-corrected chi connectivity index (χ1v) is 6.88. The zero-order valence-corrected chi connectivity index (χ0v) is 9.92. The van der Waals surface area contributed by atoms with Crippen molar-refractivity contribution in [2.75, 3.05) is 12.8 Å². The molecule has 1 aromatic rings. The average molecular weight is 227 g/mol. The summed E-state index contributed by atoms with van der Waals surface area (Å²) in [6, 6.07) is 6.97. The molecule has 0 aliphatic carbocycles. The molecular formula is C11H17NO2S. The van der Waals surface area contributed by atoms with Crippen LogP contribution in [-0.2, 0) is 9.84 Å². The molecule has 0 bridgehead atoms. The second-order valence-electron chi connectivity index (χ2n) is 3.68. The van der Waals surface area contributed by atoms with Gasteiger partial charge < -0.3 is 5.73 Å². The normalized spacial score (nSPS) is 13.8. The first kappa shape index (κ1) is 12.2. The summed E-state index contributed by atoms with van der Waals surface area (Å²) in [6.07, 6.45) is 2.18. The number of rotatable bonds is 4. The van der Waals surface area contributed by atoms with Crippen LogP contribution in [-0.4, -0.2) is 21.2 Å². The van der Waals surface area contributed by atoms with Crippen LogP contribution in [0.1, 0.15) is 24.8 Å². The average Bonchev–Trinajstić information content (AvgIpc) is 2.19. The lowest BCUT2D eigenvalue weighted by Gasteiger charge is -2.12. The van der Waals surface area contributed by atoms with Gasteiger partial charge in [-0.05, 0) is 36.6 Å². The van der Waals surface area contributed by atoms with E-state index in [4.69, 9.17) is 5.73 Å². The quantitative estimate of drug-likeness (QED) is 0.848. The van der Waals surface area contributed by atoms with E-state index >= 15 is 0 Å². The fourth-order valence-corrected chi connectivity index (χ4v) is 2.16. The lowest BCUT2D eigenvalue weighted by molar-refractivity contribution is 0.601. The van der Waals surface area contributed by atoms with Crippen molar-refractivity contribution >= 4 is 9.84 Å². The molecule has 1 atom stereocenters. The molecule has 2 N–H and O–H groups in total. The Hall–Kier alpha value is -0.870. The Morgan fingerprint density at radius 3 is 2.13 bits per heavy atom. The van der Waals surface area contributed by atoms with Crippen molar-refractivity contribution in [3.8, 4) is 0 Å². The van der Waals surface area contributed by atoms with E-state index in [1.807, 2.05) is 12.1 Å². The highest BCUT2D eigenvalue weighted by atomic mass is 32.2. The van der Waals surface area contributed by atoms with E-state index < -0.39 is 9.84 Å². The molecule has 0 aliphatic heterocycles. The van der Waals surface area contributed by atoms with Crippen LogP contribution in [0.4, 0.5) is 0 Å². The summed E-state index contributed by atoms with van der Waals surface area (Å²) in [4.78, 5) is 0.359. The Kier molecular flexibility index (Phi) is 3.88. The maximum absolute atomic E-state index is 11.2. The molecule has 0 saturated carbocycles. The van der Waals surface area contributed by atoms with Crippen LogP contribution in [0.5, 0.6) is 0 Å². The molecule has 15 heavy (non-hydrogen) atoms. The van der Waals surface area contributed by atoms with Crippen LogP contribution < -0.4 is 5.73 Å². The number of hydrogen-bond donors (Lipinski definition) is 1. The fraction of sp³-hybridized carbons (Fsp3) is 0.455. The molecule has 4 heteroatoms. The van der Waals surface area contributed by atoms with Crippen LogP contribution in [0.25, 0.3) is 0 Å². The van der Waals surface area contributed by atoms with Gasteiger partial charge in [0.05, 0.1) is 4.90 Å². The van der Waals surface area contributed by atoms with Gasteiger partial charge in [0.2, 0.25) is 0 Å². The monoisotopic (exact) mass is 227 g/mol. The minimum absolute atomic E-state index is 0.318. The van der Waals surface area contributed by atoms with Crippen LogP contribution in [0, 0.1) is 0 Å². The third-order valence-corrected chi connectivity index (χ3v) is 3.69. The summed E-state index contributed by atoms with van der Waals surface area (Å²) < 4.78 is 22.5. The van der Waals surface area contributed by atoms with Crippen molar-refractivity contribution in [3.05, 3.63) is 29.8 Å². The molecule has 0 heterocycles. The van der Waals surface area contributed by atoms with Gasteiger partial charge in [0.1, 0.15) is 0 Å². The van der Waals surface area contributed by atoms with Gasteiger partial charge in [-0.2, -0.15) is 0 Å². The third-order valence-electron chi connectivity index (χ3n) is 2.56. The van der Waals surface area contributed by atoms with Gasteiger partial charge in [-0.25, -0.2) is 8.42 Å². The van der Waals surface area contributed by atoms with E-state index in [-0.39, 0.29) is 0 Å². The van der Waals surface area contributed by atoms with Crippen LogP contribution in [0.2, 0.25) is 0 Å². The van der Waals surface area contributed by atoms with Crippen molar-refractivity contribution < 1.29 is 8.42 Å². The van der Waals surface area contributed by atoms with Crippen molar-refractivity contribution in [1.29, 1.82) is 0 Å². The summed E-state index contributed by atoms with van der Waals surface area (Å²) in [6.45, 7) is 2.66. The van der Waals surface area contributed by atoms with Gasteiger partial charge in [0.15, 0.2) is 9.84 Å². The molecule has 0 aromatic heterocycles. The molecule has 0 saturated heterocycles. The summed E-state index contributed by atoms with van der Waals surface area (Å²) in [5.41, 5.74) is 6.72. The van der Waals surface area contributed by atoms with E-state index in [0.29, 0.717) is 17.4 Å². The summed E-state index contributed by atoms with van der Waals surface area (Å²) >= 11 is 0. The minimum Gasteiger partial charge on any atom is -0.330 e. The molecule has 0 amide bonds. The van der Waals surface area contributed by atoms with E-state index in [9.17, 15) is 8.42 Å². The van der Waals surface area contributed by atoms with Gasteiger partial charge in [-0.3, -0.25) is 0 Å². The van der Waals surface area contributed by atoms with Crippen LogP contribution in [0.15, 0.2) is 29.2 Å². The van der Waals surface area contributed by atoms with Crippen molar-refractivity contribution in [3.63, 3.8) is 0 Å². The number of benzene rings is 1. The fourth-order valence-electron chi connectivity index (χ4n) is 1.53. The topological polar surface area (TPSA) is 60.2 Å². The Balaban J connectivity index is 3.00. The molecule has 0 spiro atoms. The zero-order chi connectivity index (χ0) is 11.5. The SMILES string of the molecule is CCC(CN)c1ccc(S(C)(=O)=O)cc1. The van der Waals surface area contributed by atoms with Crippen LogP contribution in [0.3, 0.4) is 0 Å². The largest absolute Gasteiger partial charge is 0.330 e. The summed E-state index contributed by atoms with van der Waals surface area (Å²) in [5, 5.41) is 0. The van der Waals surface area contributed by atoms with E-state index in [1.54, 1.807) is 12.1 Å². The Bertz CT molecular complexity index is 405. The molecular weight excluding hydrogens is 210 g/mol. The molecule has 3 nitrogen and oxygen atoms in total. The predicted molar refractivity (Wildman–Crippen MR) is 61.6 cm³/mol. The highest BCUT2D eigenvalue weighted by Gasteiger charge is 2.10. The van der Waals surface area contributed by atoms with Crippen molar-refractivity contribution in [2.45, 2.75) is 24.2 Å². The third kappa shape index (κ3) is 3.04. The lowest BCUT2D eigenvalue weighted by Crippen LogP contribution is -2.11. The second kappa shape index (κ2) is 4.77. The first-order valence-electron chi connectivity index (χ1n) is 4.99. The standard InChI is InChI=1S/C11H17NO2S/c1-3-9(8-12)10-4-6-11(7-5-10)15(2,13)14/h4-7,9H,3,8,12H2,1-2H3. The highest BCUT2D eigenvalue weighted by Crippen LogP contribution is 2.20. The number of sulfone groups is 1. The summed E-state index contributed by atoms with van der Waals surface area (Å²) in [7, 11) is -3.09. The highest BCUT2D eigenvalue weighted by molar-refractivity contribution is 7.90. The van der Waals surface area contributed by atoms with E-state index in [0.717, 1.165) is 12.0 Å². The van der Waals surface area contributed by atoms with Gasteiger partial charge >= 0.3 is 0 Å². The lowest BCUT2D eigenvalue weighted by atomic mass is 9.97. The zero-order valence-electron chi connectivity index (χ0n) is 9.10. The summed E-state index contributed by atoms with van der Waals surface area (Å²) in [5.74, 6) is 0.318. The molecule has 0 aliphatic rings.